The molecule has 1 N–H and O–H groups in total. The molecular weight excluding hydrogens is 322 g/mol. The van der Waals surface area contributed by atoms with E-state index in [9.17, 15) is 10.1 Å². The van der Waals surface area contributed by atoms with Crippen LogP contribution in [-0.4, -0.2) is 60.6 Å². The first-order chi connectivity index (χ1) is 10.5. The summed E-state index contributed by atoms with van der Waals surface area (Å²) >= 11 is 3.53. The van der Waals surface area contributed by atoms with Crippen LogP contribution in [0.15, 0.2) is 10.4 Å². The molecule has 1 rings (SSSR count). The van der Waals surface area contributed by atoms with Gasteiger partial charge in [0.1, 0.15) is 5.01 Å². The number of nitrogens with zero attached hydrogens (tertiary/aromatic N) is 4. The maximum absolute atomic E-state index is 10.4. The lowest BCUT2D eigenvalue weighted by molar-refractivity contribution is -0.463. The van der Waals surface area contributed by atoms with Crippen molar-refractivity contribution in [2.75, 3.05) is 40.0 Å². The SMILES string of the molecule is CN=C(C[N+](=O)[O-])NCCCSCc1csc(CN(C)C)n1. The summed E-state index contributed by atoms with van der Waals surface area (Å²) in [6.07, 6.45) is 0.941. The predicted octanol–water partition coefficient (Wildman–Crippen LogP) is 1.72. The lowest BCUT2D eigenvalue weighted by Gasteiger charge is -2.06. The molecule has 0 unspecified atom stereocenters. The molecule has 7 nitrogen and oxygen atoms in total. The van der Waals surface area contributed by atoms with Gasteiger partial charge in [0.25, 0.3) is 6.54 Å². The van der Waals surface area contributed by atoms with Crippen LogP contribution in [0.4, 0.5) is 0 Å². The molecule has 0 atom stereocenters. The number of thioether (sulfide) groups is 1. The van der Waals surface area contributed by atoms with Crippen LogP contribution < -0.4 is 5.32 Å². The Bertz CT molecular complexity index is 491. The van der Waals surface area contributed by atoms with Crippen molar-refractivity contribution in [1.29, 1.82) is 0 Å². The van der Waals surface area contributed by atoms with Gasteiger partial charge in [-0.05, 0) is 26.3 Å². The highest BCUT2D eigenvalue weighted by molar-refractivity contribution is 7.98. The van der Waals surface area contributed by atoms with Crippen molar-refractivity contribution in [3.05, 3.63) is 26.2 Å². The summed E-state index contributed by atoms with van der Waals surface area (Å²) < 4.78 is 0. The molecule has 0 spiro atoms. The fraction of sp³-hybridized carbons (Fsp3) is 0.692. The van der Waals surface area contributed by atoms with Crippen LogP contribution in [0.25, 0.3) is 0 Å². The first kappa shape index (κ1) is 18.9. The van der Waals surface area contributed by atoms with E-state index in [1.54, 1.807) is 18.4 Å². The van der Waals surface area contributed by atoms with E-state index < -0.39 is 0 Å². The molecule has 0 radical (unpaired) electrons. The molecule has 124 valence electrons. The van der Waals surface area contributed by atoms with Gasteiger partial charge in [-0.3, -0.25) is 15.1 Å². The number of thiazole rings is 1. The Hall–Kier alpha value is -1.19. The Labute approximate surface area is 139 Å². The molecule has 0 aliphatic rings. The number of aliphatic imine (C=N–C) groups is 1. The zero-order chi connectivity index (χ0) is 16.4. The smallest absolute Gasteiger partial charge is 0.259 e. The van der Waals surface area contributed by atoms with Crippen LogP contribution in [0.3, 0.4) is 0 Å². The normalized spacial score (nSPS) is 11.9. The minimum atomic E-state index is -0.377. The standard InChI is InChI=1S/C13H23N5O2S2/c1-14-12(7-18(19)20)15-5-4-6-21-9-11-10-22-13(16-11)8-17(2)3/h10H,4-9H2,1-3H3,(H,14,15). The minimum absolute atomic E-state index is 0.239. The second-order valence-electron chi connectivity index (χ2n) is 4.96. The predicted molar refractivity (Wildman–Crippen MR) is 93.5 cm³/mol. The molecule has 22 heavy (non-hydrogen) atoms. The maximum Gasteiger partial charge on any atom is 0.259 e. The van der Waals surface area contributed by atoms with Crippen molar-refractivity contribution in [2.24, 2.45) is 4.99 Å². The summed E-state index contributed by atoms with van der Waals surface area (Å²) in [4.78, 5) is 20.6. The first-order valence-electron chi connectivity index (χ1n) is 6.98. The molecule has 0 aliphatic carbocycles. The quantitative estimate of drug-likeness (QED) is 0.229. The Morgan fingerprint density at radius 1 is 1.59 bits per heavy atom. The van der Waals surface area contributed by atoms with E-state index >= 15 is 0 Å². The molecule has 1 aromatic heterocycles. The highest BCUT2D eigenvalue weighted by Gasteiger charge is 2.06. The molecule has 9 heteroatoms. The summed E-state index contributed by atoms with van der Waals surface area (Å²) in [7, 11) is 5.64. The van der Waals surface area contributed by atoms with E-state index in [2.05, 4.69) is 25.6 Å². The molecule has 0 saturated heterocycles. The molecular formula is C13H23N5O2S2. The molecule has 1 heterocycles. The largest absolute Gasteiger partial charge is 0.368 e. The Kier molecular flexibility index (Phi) is 9.02. The van der Waals surface area contributed by atoms with E-state index in [0.29, 0.717) is 12.4 Å². The number of nitrogens with one attached hydrogen (secondary N) is 1. The van der Waals surface area contributed by atoms with E-state index in [1.165, 1.54) is 0 Å². The summed E-state index contributed by atoms with van der Waals surface area (Å²) in [5, 5.41) is 16.7. The third-order valence-corrected chi connectivity index (χ3v) is 4.60. The number of amidine groups is 1. The van der Waals surface area contributed by atoms with Crippen LogP contribution in [0.1, 0.15) is 17.1 Å². The number of hydrogen-bond donors (Lipinski definition) is 1. The lowest BCUT2D eigenvalue weighted by Crippen LogP contribution is -2.31. The molecule has 0 amide bonds. The third-order valence-electron chi connectivity index (χ3n) is 2.64. The molecule has 0 saturated carbocycles. The first-order valence-corrected chi connectivity index (χ1v) is 9.01. The molecule has 1 aromatic rings. The second-order valence-corrected chi connectivity index (χ2v) is 7.01. The van der Waals surface area contributed by atoms with Gasteiger partial charge in [-0.1, -0.05) is 0 Å². The van der Waals surface area contributed by atoms with Crippen molar-refractivity contribution < 1.29 is 4.92 Å². The van der Waals surface area contributed by atoms with Gasteiger partial charge < -0.3 is 10.2 Å². The fourth-order valence-electron chi connectivity index (χ4n) is 1.67. The van der Waals surface area contributed by atoms with E-state index in [0.717, 1.165) is 35.2 Å². The van der Waals surface area contributed by atoms with Gasteiger partial charge >= 0.3 is 0 Å². The number of aromatic nitrogens is 1. The Balaban J connectivity index is 2.12. The van der Waals surface area contributed by atoms with E-state index in [4.69, 9.17) is 0 Å². The number of hydrogen-bond acceptors (Lipinski definition) is 7. The topological polar surface area (TPSA) is 83.7 Å². The summed E-state index contributed by atoms with van der Waals surface area (Å²) in [6, 6.07) is 0. The Morgan fingerprint density at radius 3 is 3.00 bits per heavy atom. The average Bonchev–Trinajstić information content (AvgIpc) is 2.87. The van der Waals surface area contributed by atoms with Crippen LogP contribution in [0, 0.1) is 10.1 Å². The van der Waals surface area contributed by atoms with Crippen molar-refractivity contribution in [3.8, 4) is 0 Å². The second kappa shape index (κ2) is 10.5. The van der Waals surface area contributed by atoms with Gasteiger partial charge in [0.2, 0.25) is 0 Å². The van der Waals surface area contributed by atoms with E-state index in [-0.39, 0.29) is 11.5 Å². The van der Waals surface area contributed by atoms with Crippen LogP contribution in [-0.2, 0) is 12.3 Å². The Morgan fingerprint density at radius 2 is 2.36 bits per heavy atom. The summed E-state index contributed by atoms with van der Waals surface area (Å²) in [6.45, 7) is 1.35. The fourth-order valence-corrected chi connectivity index (χ4v) is 3.54. The van der Waals surface area contributed by atoms with E-state index in [1.807, 2.05) is 25.9 Å². The van der Waals surface area contributed by atoms with Gasteiger partial charge in [0, 0.05) is 36.2 Å². The average molecular weight is 345 g/mol. The molecule has 0 aromatic carbocycles. The van der Waals surface area contributed by atoms with Crippen molar-refractivity contribution in [3.63, 3.8) is 0 Å². The lowest BCUT2D eigenvalue weighted by atomic mass is 10.4. The zero-order valence-corrected chi connectivity index (χ0v) is 14.9. The monoisotopic (exact) mass is 345 g/mol. The maximum atomic E-state index is 10.4. The van der Waals surface area contributed by atoms with Gasteiger partial charge in [-0.25, -0.2) is 4.98 Å². The van der Waals surface area contributed by atoms with Gasteiger partial charge in [0.05, 0.1) is 5.69 Å². The summed E-state index contributed by atoms with van der Waals surface area (Å²) in [5.74, 6) is 2.33. The number of rotatable bonds is 10. The van der Waals surface area contributed by atoms with Crippen LogP contribution in [0.2, 0.25) is 0 Å². The van der Waals surface area contributed by atoms with Crippen LogP contribution >= 0.6 is 23.1 Å². The van der Waals surface area contributed by atoms with Crippen LogP contribution in [0.5, 0.6) is 0 Å². The summed E-state index contributed by atoms with van der Waals surface area (Å²) in [5.41, 5.74) is 1.13. The molecule has 0 bridgehead atoms. The number of nitro groups is 1. The van der Waals surface area contributed by atoms with Gasteiger partial charge in [0.15, 0.2) is 5.84 Å². The van der Waals surface area contributed by atoms with Gasteiger partial charge in [-0.15, -0.1) is 11.3 Å². The van der Waals surface area contributed by atoms with Crippen molar-refractivity contribution in [1.82, 2.24) is 15.2 Å². The highest BCUT2D eigenvalue weighted by atomic mass is 32.2. The molecule has 0 aliphatic heterocycles. The van der Waals surface area contributed by atoms with Gasteiger partial charge in [-0.2, -0.15) is 11.8 Å². The zero-order valence-electron chi connectivity index (χ0n) is 13.2. The third kappa shape index (κ3) is 8.30. The van der Waals surface area contributed by atoms with Crippen molar-refractivity contribution in [2.45, 2.75) is 18.7 Å². The highest BCUT2D eigenvalue weighted by Crippen LogP contribution is 2.17. The minimum Gasteiger partial charge on any atom is -0.368 e. The molecule has 0 fully saturated rings. The van der Waals surface area contributed by atoms with Crippen molar-refractivity contribution >= 4 is 28.9 Å².